The van der Waals surface area contributed by atoms with Crippen LogP contribution in [0.4, 0.5) is 5.82 Å². The molecule has 0 spiro atoms. The lowest BCUT2D eigenvalue weighted by atomic mass is 9.94. The molecule has 2 bridgehead atoms. The number of carboxylic acid groups (broad SMARTS) is 1. The maximum atomic E-state index is 14.1. The van der Waals surface area contributed by atoms with Gasteiger partial charge in [0, 0.05) is 31.2 Å². The fourth-order valence-electron chi connectivity index (χ4n) is 7.47. The number of carboxylic acids is 1. The van der Waals surface area contributed by atoms with E-state index in [1.165, 1.54) is 56.3 Å². The Labute approximate surface area is 217 Å². The summed E-state index contributed by atoms with van der Waals surface area (Å²) in [4.78, 5) is 48.5. The van der Waals surface area contributed by atoms with Gasteiger partial charge in [0.25, 0.3) is 5.56 Å². The molecule has 198 valence electrons. The lowest BCUT2D eigenvalue weighted by molar-refractivity contribution is -0.144. The summed E-state index contributed by atoms with van der Waals surface area (Å²) in [5, 5.41) is 9.11. The Morgan fingerprint density at radius 1 is 0.919 bits per heavy atom. The monoisotopic (exact) mass is 507 g/mol. The summed E-state index contributed by atoms with van der Waals surface area (Å²) < 4.78 is 1.99. The highest BCUT2D eigenvalue weighted by molar-refractivity contribution is 5.86. The van der Waals surface area contributed by atoms with E-state index in [-0.39, 0.29) is 37.1 Å². The van der Waals surface area contributed by atoms with Crippen LogP contribution in [-0.2, 0) is 9.59 Å². The van der Waals surface area contributed by atoms with Gasteiger partial charge in [0.2, 0.25) is 5.91 Å². The van der Waals surface area contributed by atoms with Crippen molar-refractivity contribution in [2.24, 2.45) is 0 Å². The number of piperazine rings is 1. The van der Waals surface area contributed by atoms with Crippen molar-refractivity contribution < 1.29 is 14.7 Å². The van der Waals surface area contributed by atoms with Gasteiger partial charge >= 0.3 is 5.97 Å². The van der Waals surface area contributed by atoms with Crippen molar-refractivity contribution in [2.45, 2.75) is 88.4 Å². The lowest BCUT2D eigenvalue weighted by Crippen LogP contribution is -2.53. The zero-order valence-corrected chi connectivity index (χ0v) is 21.4. The van der Waals surface area contributed by atoms with Crippen molar-refractivity contribution >= 4 is 28.7 Å². The summed E-state index contributed by atoms with van der Waals surface area (Å²) in [5.41, 5.74) is 1.49. The van der Waals surface area contributed by atoms with Gasteiger partial charge in [-0.15, -0.1) is 0 Å². The van der Waals surface area contributed by atoms with Crippen LogP contribution in [0, 0.1) is 0 Å². The molecule has 4 fully saturated rings. The molecule has 3 saturated heterocycles. The second-order valence-corrected chi connectivity index (χ2v) is 11.3. The number of anilines is 1. The third-order valence-electron chi connectivity index (χ3n) is 9.11. The summed E-state index contributed by atoms with van der Waals surface area (Å²) in [6.45, 7) is 0.316. The number of carbonyl (C=O) groups excluding carboxylic acids is 1. The molecular formula is C28H37N5O4. The molecular weight excluding hydrogens is 470 g/mol. The Morgan fingerprint density at radius 3 is 2.43 bits per heavy atom. The van der Waals surface area contributed by atoms with Crippen LogP contribution in [0.25, 0.3) is 11.0 Å². The molecule has 9 heteroatoms. The number of aliphatic carboxylic acids is 1. The average Bonchev–Trinajstić information content (AvgIpc) is 3.43. The first-order valence-corrected chi connectivity index (χ1v) is 14.0. The second kappa shape index (κ2) is 10.1. The van der Waals surface area contributed by atoms with E-state index in [1.807, 2.05) is 28.8 Å². The maximum Gasteiger partial charge on any atom is 0.323 e. The third-order valence-corrected chi connectivity index (χ3v) is 9.11. The molecule has 1 amide bonds. The maximum absolute atomic E-state index is 14.1. The van der Waals surface area contributed by atoms with E-state index in [2.05, 4.69) is 4.90 Å². The van der Waals surface area contributed by atoms with Crippen LogP contribution in [0.2, 0.25) is 0 Å². The number of aromatic nitrogens is 2. The van der Waals surface area contributed by atoms with Gasteiger partial charge < -0.3 is 14.9 Å². The number of fused-ring (bicyclic) bond motifs is 3. The molecule has 4 heterocycles. The normalized spacial score (nSPS) is 27.6. The van der Waals surface area contributed by atoms with Crippen LogP contribution in [-0.4, -0.2) is 80.6 Å². The van der Waals surface area contributed by atoms with Gasteiger partial charge in [-0.1, -0.05) is 44.2 Å². The molecule has 3 aliphatic heterocycles. The smallest absolute Gasteiger partial charge is 0.323 e. The van der Waals surface area contributed by atoms with E-state index in [4.69, 9.17) is 10.1 Å². The van der Waals surface area contributed by atoms with Gasteiger partial charge in [-0.2, -0.15) is 0 Å². The second-order valence-electron chi connectivity index (χ2n) is 11.3. The van der Waals surface area contributed by atoms with Crippen molar-refractivity contribution in [2.75, 3.05) is 31.1 Å². The first-order valence-electron chi connectivity index (χ1n) is 14.0. The molecule has 3 atom stereocenters. The molecule has 9 nitrogen and oxygen atoms in total. The molecule has 6 rings (SSSR count). The van der Waals surface area contributed by atoms with Crippen molar-refractivity contribution in [1.29, 1.82) is 0 Å². The van der Waals surface area contributed by atoms with Crippen LogP contribution in [0.3, 0.4) is 0 Å². The number of para-hydroxylation sites is 2. The van der Waals surface area contributed by atoms with Gasteiger partial charge in [-0.25, -0.2) is 4.98 Å². The fraction of sp³-hybridized carbons (Fsp3) is 0.643. The summed E-state index contributed by atoms with van der Waals surface area (Å²) in [6, 6.07) is 9.45. The van der Waals surface area contributed by atoms with Crippen molar-refractivity contribution in [3.63, 3.8) is 0 Å². The quantitative estimate of drug-likeness (QED) is 0.664. The number of hydrogen-bond donors (Lipinski definition) is 1. The number of hydrogen-bond acceptors (Lipinski definition) is 6. The number of amides is 1. The predicted octanol–water partition coefficient (Wildman–Crippen LogP) is 3.02. The van der Waals surface area contributed by atoms with Crippen molar-refractivity contribution in [1.82, 2.24) is 19.4 Å². The van der Waals surface area contributed by atoms with E-state index in [9.17, 15) is 14.4 Å². The van der Waals surface area contributed by atoms with Crippen molar-refractivity contribution in [3.8, 4) is 0 Å². The van der Waals surface area contributed by atoms with E-state index < -0.39 is 5.97 Å². The molecule has 2 aromatic rings. The largest absolute Gasteiger partial charge is 0.480 e. The van der Waals surface area contributed by atoms with Crippen LogP contribution in [0.5, 0.6) is 0 Å². The van der Waals surface area contributed by atoms with E-state index in [1.54, 1.807) is 4.90 Å². The molecule has 4 aliphatic rings. The number of nitrogens with zero attached hydrogens (tertiary/aromatic N) is 5. The SMILES string of the molecule is O=C(O)CN1CCN(c2nc3ccccc3n([C@@H]3C[C@@H]4CCC3N4C3CCCCCCC3)c2=O)CC1=O. The van der Waals surface area contributed by atoms with Gasteiger partial charge in [-0.3, -0.25) is 23.9 Å². The summed E-state index contributed by atoms with van der Waals surface area (Å²) in [7, 11) is 0. The molecule has 37 heavy (non-hydrogen) atoms. The summed E-state index contributed by atoms with van der Waals surface area (Å²) >= 11 is 0. The highest BCUT2D eigenvalue weighted by atomic mass is 16.4. The van der Waals surface area contributed by atoms with Gasteiger partial charge in [0.05, 0.1) is 23.6 Å². The van der Waals surface area contributed by atoms with Gasteiger partial charge in [-0.05, 0) is 44.2 Å². The minimum atomic E-state index is -1.03. The van der Waals surface area contributed by atoms with Gasteiger partial charge in [0.1, 0.15) is 6.54 Å². The van der Waals surface area contributed by atoms with Crippen LogP contribution < -0.4 is 10.5 Å². The number of benzene rings is 1. The lowest BCUT2D eigenvalue weighted by Gasteiger charge is -2.35. The standard InChI is InChI=1S/C28H37N5O4/c34-25-17-31(15-14-30(25)18-26(35)36)27-28(37)33(22-11-7-6-10-21(22)29-27)24-16-20-12-13-23(24)32(20)19-8-4-2-1-3-5-9-19/h6-7,10-11,19-20,23-24H,1-5,8-9,12-18H2,(H,35,36)/t20-,23?,24+/m0/s1. The minimum Gasteiger partial charge on any atom is -0.480 e. The zero-order valence-electron chi connectivity index (χ0n) is 21.4. The number of carbonyl (C=O) groups is 2. The predicted molar refractivity (Wildman–Crippen MR) is 141 cm³/mol. The van der Waals surface area contributed by atoms with E-state index in [0.29, 0.717) is 30.5 Å². The summed E-state index contributed by atoms with van der Waals surface area (Å²) in [5.74, 6) is -1.01. The third kappa shape index (κ3) is 4.51. The molecule has 0 radical (unpaired) electrons. The van der Waals surface area contributed by atoms with Crippen LogP contribution in [0.15, 0.2) is 29.1 Å². The van der Waals surface area contributed by atoms with E-state index in [0.717, 1.165) is 23.9 Å². The summed E-state index contributed by atoms with van der Waals surface area (Å²) in [6.07, 6.45) is 12.5. The van der Waals surface area contributed by atoms with Gasteiger partial charge in [0.15, 0.2) is 5.82 Å². The van der Waals surface area contributed by atoms with Crippen molar-refractivity contribution in [3.05, 3.63) is 34.6 Å². The molecule has 1 N–H and O–H groups in total. The molecule has 1 aliphatic carbocycles. The highest BCUT2D eigenvalue weighted by Crippen LogP contribution is 2.47. The Hall–Kier alpha value is -2.94. The Morgan fingerprint density at radius 2 is 1.68 bits per heavy atom. The minimum absolute atomic E-state index is 0.0290. The van der Waals surface area contributed by atoms with E-state index >= 15 is 0 Å². The Balaban J connectivity index is 1.34. The molecule has 1 aromatic heterocycles. The highest BCUT2D eigenvalue weighted by Gasteiger charge is 2.50. The van der Waals surface area contributed by atoms with Crippen LogP contribution >= 0.6 is 0 Å². The number of rotatable bonds is 5. The van der Waals surface area contributed by atoms with Crippen LogP contribution in [0.1, 0.15) is 70.3 Å². The Kier molecular flexibility index (Phi) is 6.65. The average molecular weight is 508 g/mol. The first kappa shape index (κ1) is 24.4. The molecule has 1 saturated carbocycles. The Bertz CT molecular complexity index is 1240. The first-order chi connectivity index (χ1) is 18.0. The zero-order chi connectivity index (χ0) is 25.5. The molecule has 1 aromatic carbocycles. The molecule has 1 unspecified atom stereocenters. The fourth-order valence-corrected chi connectivity index (χ4v) is 7.47. The topological polar surface area (TPSA) is 99.0 Å².